The maximum absolute atomic E-state index is 12.4. The molecule has 0 saturated heterocycles. The van der Waals surface area contributed by atoms with Crippen LogP contribution in [0.2, 0.25) is 0 Å². The quantitative estimate of drug-likeness (QED) is 0.900. The van der Waals surface area contributed by atoms with Gasteiger partial charge in [-0.1, -0.05) is 0 Å². The first kappa shape index (κ1) is 14.4. The van der Waals surface area contributed by atoms with Crippen molar-refractivity contribution in [2.24, 2.45) is 0 Å². The third-order valence-corrected chi connectivity index (χ3v) is 3.55. The van der Waals surface area contributed by atoms with Gasteiger partial charge in [0.15, 0.2) is 0 Å². The van der Waals surface area contributed by atoms with Gasteiger partial charge in [0.25, 0.3) is 0 Å². The standard InChI is InChI=1S/C16H22N2O2/c1-10(2)18-15(19)16(3,4)13-9-17-14-7-6-11(20-5)8-12(13)14/h6-10,17H,1-5H3,(H,18,19). The summed E-state index contributed by atoms with van der Waals surface area (Å²) in [6.07, 6.45) is 1.91. The van der Waals surface area contributed by atoms with Crippen molar-refractivity contribution in [3.05, 3.63) is 30.0 Å². The number of rotatable bonds is 4. The molecule has 1 heterocycles. The number of aromatic amines is 1. The number of ether oxygens (including phenoxy) is 1. The normalized spacial score (nSPS) is 11.9. The predicted octanol–water partition coefficient (Wildman–Crippen LogP) is 2.98. The molecule has 0 bridgehead atoms. The molecule has 108 valence electrons. The highest BCUT2D eigenvalue weighted by Gasteiger charge is 2.32. The summed E-state index contributed by atoms with van der Waals surface area (Å²) in [5.74, 6) is 0.814. The molecule has 0 fully saturated rings. The van der Waals surface area contributed by atoms with Crippen molar-refractivity contribution in [3.63, 3.8) is 0 Å². The second-order valence-electron chi connectivity index (χ2n) is 5.87. The number of hydrogen-bond donors (Lipinski definition) is 2. The van der Waals surface area contributed by atoms with Gasteiger partial charge >= 0.3 is 0 Å². The third kappa shape index (κ3) is 2.50. The van der Waals surface area contributed by atoms with E-state index in [4.69, 9.17) is 4.74 Å². The summed E-state index contributed by atoms with van der Waals surface area (Å²) in [5.41, 5.74) is 1.38. The van der Waals surface area contributed by atoms with Crippen LogP contribution in [-0.4, -0.2) is 24.0 Å². The van der Waals surface area contributed by atoms with Gasteiger partial charge in [0.1, 0.15) is 5.75 Å². The van der Waals surface area contributed by atoms with Crippen LogP contribution in [0.3, 0.4) is 0 Å². The van der Waals surface area contributed by atoms with Gasteiger partial charge in [-0.15, -0.1) is 0 Å². The first-order valence-electron chi connectivity index (χ1n) is 6.83. The van der Waals surface area contributed by atoms with E-state index in [0.717, 1.165) is 22.2 Å². The highest BCUT2D eigenvalue weighted by atomic mass is 16.5. The lowest BCUT2D eigenvalue weighted by molar-refractivity contribution is -0.126. The highest BCUT2D eigenvalue weighted by molar-refractivity contribution is 5.95. The number of benzene rings is 1. The maximum atomic E-state index is 12.4. The van der Waals surface area contributed by atoms with Gasteiger partial charge < -0.3 is 15.0 Å². The number of hydrogen-bond acceptors (Lipinski definition) is 2. The van der Waals surface area contributed by atoms with Crippen LogP contribution in [0.5, 0.6) is 5.75 Å². The third-order valence-electron chi connectivity index (χ3n) is 3.55. The van der Waals surface area contributed by atoms with E-state index in [1.807, 2.05) is 52.1 Å². The van der Waals surface area contributed by atoms with Gasteiger partial charge in [-0.3, -0.25) is 4.79 Å². The fraction of sp³-hybridized carbons (Fsp3) is 0.438. The fourth-order valence-corrected chi connectivity index (χ4v) is 2.31. The van der Waals surface area contributed by atoms with E-state index in [1.54, 1.807) is 7.11 Å². The molecule has 1 aromatic carbocycles. The first-order valence-corrected chi connectivity index (χ1v) is 6.83. The predicted molar refractivity (Wildman–Crippen MR) is 81.2 cm³/mol. The molecule has 0 saturated carbocycles. The monoisotopic (exact) mass is 274 g/mol. The smallest absolute Gasteiger partial charge is 0.230 e. The van der Waals surface area contributed by atoms with Crippen molar-refractivity contribution in [3.8, 4) is 5.75 Å². The van der Waals surface area contributed by atoms with Gasteiger partial charge in [0, 0.05) is 23.1 Å². The number of amides is 1. The van der Waals surface area contributed by atoms with Crippen molar-refractivity contribution >= 4 is 16.8 Å². The van der Waals surface area contributed by atoms with E-state index in [1.165, 1.54) is 0 Å². The Labute approximate surface area is 119 Å². The Bertz CT molecular complexity index is 626. The van der Waals surface area contributed by atoms with Crippen molar-refractivity contribution < 1.29 is 9.53 Å². The lowest BCUT2D eigenvalue weighted by atomic mass is 9.83. The Hall–Kier alpha value is -1.97. The minimum absolute atomic E-state index is 0.0243. The zero-order chi connectivity index (χ0) is 14.9. The van der Waals surface area contributed by atoms with E-state index in [0.29, 0.717) is 0 Å². The van der Waals surface area contributed by atoms with Crippen LogP contribution in [0, 0.1) is 0 Å². The molecular weight excluding hydrogens is 252 g/mol. The molecule has 0 atom stereocenters. The molecule has 0 aliphatic heterocycles. The summed E-state index contributed by atoms with van der Waals surface area (Å²) in [5, 5.41) is 4.00. The molecule has 0 spiro atoms. The molecule has 0 aliphatic rings. The van der Waals surface area contributed by atoms with E-state index in [-0.39, 0.29) is 11.9 Å². The number of nitrogens with one attached hydrogen (secondary N) is 2. The summed E-state index contributed by atoms with van der Waals surface area (Å²) in [6, 6.07) is 5.96. The van der Waals surface area contributed by atoms with Crippen LogP contribution in [0.4, 0.5) is 0 Å². The van der Waals surface area contributed by atoms with Crippen molar-refractivity contribution in [1.29, 1.82) is 0 Å². The van der Waals surface area contributed by atoms with Gasteiger partial charge in [-0.2, -0.15) is 0 Å². The van der Waals surface area contributed by atoms with Crippen molar-refractivity contribution in [2.45, 2.75) is 39.2 Å². The molecule has 2 rings (SSSR count). The molecule has 2 aromatic rings. The Morgan fingerprint density at radius 1 is 1.35 bits per heavy atom. The number of carbonyl (C=O) groups excluding carboxylic acids is 1. The Morgan fingerprint density at radius 2 is 2.05 bits per heavy atom. The Balaban J connectivity index is 2.48. The van der Waals surface area contributed by atoms with Crippen molar-refractivity contribution in [1.82, 2.24) is 10.3 Å². The number of methoxy groups -OCH3 is 1. The van der Waals surface area contributed by atoms with Crippen LogP contribution in [0.25, 0.3) is 10.9 Å². The zero-order valence-corrected chi connectivity index (χ0v) is 12.7. The molecule has 0 aliphatic carbocycles. The second-order valence-corrected chi connectivity index (χ2v) is 5.87. The van der Waals surface area contributed by atoms with Gasteiger partial charge in [-0.25, -0.2) is 0 Å². The van der Waals surface area contributed by atoms with Crippen LogP contribution in [0.1, 0.15) is 33.3 Å². The molecule has 1 amide bonds. The SMILES string of the molecule is COc1ccc2[nH]cc(C(C)(C)C(=O)NC(C)C)c2c1. The van der Waals surface area contributed by atoms with E-state index < -0.39 is 5.41 Å². The number of aromatic nitrogens is 1. The molecule has 0 radical (unpaired) electrons. The first-order chi connectivity index (χ1) is 9.36. The van der Waals surface area contributed by atoms with E-state index in [2.05, 4.69) is 10.3 Å². The molecule has 4 nitrogen and oxygen atoms in total. The number of H-pyrrole nitrogens is 1. The lowest BCUT2D eigenvalue weighted by Gasteiger charge is -2.25. The molecule has 4 heteroatoms. The molecule has 0 unspecified atom stereocenters. The van der Waals surface area contributed by atoms with E-state index >= 15 is 0 Å². The van der Waals surface area contributed by atoms with Crippen LogP contribution in [0.15, 0.2) is 24.4 Å². The van der Waals surface area contributed by atoms with Crippen LogP contribution < -0.4 is 10.1 Å². The fourth-order valence-electron chi connectivity index (χ4n) is 2.31. The summed E-state index contributed by atoms with van der Waals surface area (Å²) in [4.78, 5) is 15.6. The maximum Gasteiger partial charge on any atom is 0.230 e. The topological polar surface area (TPSA) is 54.1 Å². The van der Waals surface area contributed by atoms with Gasteiger partial charge in [-0.05, 0) is 51.5 Å². The average molecular weight is 274 g/mol. The average Bonchev–Trinajstić information content (AvgIpc) is 2.80. The largest absolute Gasteiger partial charge is 0.497 e. The Kier molecular flexibility index (Phi) is 3.75. The molecule has 2 N–H and O–H groups in total. The summed E-state index contributed by atoms with van der Waals surface area (Å²) in [7, 11) is 1.64. The van der Waals surface area contributed by atoms with Crippen LogP contribution >= 0.6 is 0 Å². The number of carbonyl (C=O) groups is 1. The summed E-state index contributed by atoms with van der Waals surface area (Å²) < 4.78 is 5.27. The highest BCUT2D eigenvalue weighted by Crippen LogP contribution is 2.32. The van der Waals surface area contributed by atoms with E-state index in [9.17, 15) is 4.79 Å². The molecular formula is C16H22N2O2. The Morgan fingerprint density at radius 3 is 2.65 bits per heavy atom. The molecule has 20 heavy (non-hydrogen) atoms. The lowest BCUT2D eigenvalue weighted by Crippen LogP contribution is -2.43. The van der Waals surface area contributed by atoms with Crippen LogP contribution in [-0.2, 0) is 10.2 Å². The molecule has 1 aromatic heterocycles. The van der Waals surface area contributed by atoms with Gasteiger partial charge in [0.05, 0.1) is 12.5 Å². The minimum Gasteiger partial charge on any atom is -0.497 e. The second kappa shape index (κ2) is 5.19. The zero-order valence-electron chi connectivity index (χ0n) is 12.7. The number of fused-ring (bicyclic) bond motifs is 1. The van der Waals surface area contributed by atoms with Crippen molar-refractivity contribution in [2.75, 3.05) is 7.11 Å². The minimum atomic E-state index is -0.602. The van der Waals surface area contributed by atoms with Gasteiger partial charge in [0.2, 0.25) is 5.91 Å². The summed E-state index contributed by atoms with van der Waals surface area (Å²) >= 11 is 0. The summed E-state index contributed by atoms with van der Waals surface area (Å²) in [6.45, 7) is 7.80.